The Bertz CT molecular complexity index is 850. The lowest BCUT2D eigenvalue weighted by molar-refractivity contribution is -0.0149. The molecule has 2 aromatic rings. The minimum atomic E-state index is -0.268. The van der Waals surface area contributed by atoms with Gasteiger partial charge in [-0.15, -0.1) is 0 Å². The number of benzene rings is 2. The van der Waals surface area contributed by atoms with Gasteiger partial charge in [0.2, 0.25) is 0 Å². The van der Waals surface area contributed by atoms with Crippen molar-refractivity contribution < 1.29 is 19.0 Å². The molecule has 2 rings (SSSR count). The van der Waals surface area contributed by atoms with Crippen molar-refractivity contribution in [2.24, 2.45) is 0 Å². The van der Waals surface area contributed by atoms with Gasteiger partial charge in [0.05, 0.1) is 30.9 Å². The fraction of sp³-hybridized carbons (Fsp3) is 0.435. The molecule has 0 radical (unpaired) electrons. The molecule has 6 nitrogen and oxygen atoms in total. The van der Waals surface area contributed by atoms with E-state index in [0.717, 1.165) is 16.7 Å². The van der Waals surface area contributed by atoms with Crippen LogP contribution in [0.25, 0.3) is 0 Å². The van der Waals surface area contributed by atoms with Gasteiger partial charge < -0.3 is 24.8 Å². The Labute approximate surface area is 183 Å². The summed E-state index contributed by atoms with van der Waals surface area (Å²) >= 11 is 6.27. The second-order valence-electron chi connectivity index (χ2n) is 7.80. The molecule has 2 amide bonds. The van der Waals surface area contributed by atoms with Gasteiger partial charge >= 0.3 is 6.03 Å². The quantitative estimate of drug-likeness (QED) is 0.578. The Morgan fingerprint density at radius 1 is 1.03 bits per heavy atom. The SMILES string of the molecule is CCOc1c(Cl)cc(CNC(=O)NCc2cccc(COC(C)(C)C)c2)cc1OC. The summed E-state index contributed by atoms with van der Waals surface area (Å²) in [5, 5.41) is 6.14. The molecule has 0 aliphatic rings. The standard InChI is InChI=1S/C23H31ClN2O4/c1-6-29-21-19(24)11-18(12-20(21)28-5)14-26-22(27)25-13-16-8-7-9-17(10-16)15-30-23(2,3)4/h7-12H,6,13-15H2,1-5H3,(H2,25,26,27). The molecule has 2 N–H and O–H groups in total. The molecular weight excluding hydrogens is 404 g/mol. The Morgan fingerprint density at radius 3 is 2.33 bits per heavy atom. The van der Waals surface area contributed by atoms with E-state index in [1.54, 1.807) is 19.2 Å². The number of carbonyl (C=O) groups is 1. The summed E-state index contributed by atoms with van der Waals surface area (Å²) < 4.78 is 16.6. The van der Waals surface area contributed by atoms with E-state index in [-0.39, 0.29) is 11.6 Å². The Balaban J connectivity index is 1.88. The zero-order chi connectivity index (χ0) is 22.1. The summed E-state index contributed by atoms with van der Waals surface area (Å²) in [4.78, 5) is 12.2. The van der Waals surface area contributed by atoms with Crippen LogP contribution in [0.4, 0.5) is 4.79 Å². The summed E-state index contributed by atoms with van der Waals surface area (Å²) in [6.07, 6.45) is 0. The average Bonchev–Trinajstić information content (AvgIpc) is 2.70. The van der Waals surface area contributed by atoms with Crippen LogP contribution in [0.2, 0.25) is 5.02 Å². The van der Waals surface area contributed by atoms with Crippen LogP contribution in [0.15, 0.2) is 36.4 Å². The molecular formula is C23H31ClN2O4. The number of rotatable bonds is 9. The number of urea groups is 1. The highest BCUT2D eigenvalue weighted by Crippen LogP contribution is 2.36. The number of hydrogen-bond acceptors (Lipinski definition) is 4. The summed E-state index contributed by atoms with van der Waals surface area (Å²) in [6.45, 7) is 9.70. The van der Waals surface area contributed by atoms with E-state index in [9.17, 15) is 4.79 Å². The van der Waals surface area contributed by atoms with Gasteiger partial charge in [-0.05, 0) is 56.5 Å². The van der Waals surface area contributed by atoms with Crippen molar-refractivity contribution >= 4 is 17.6 Å². The molecule has 0 atom stereocenters. The van der Waals surface area contributed by atoms with E-state index < -0.39 is 0 Å². The zero-order valence-electron chi connectivity index (χ0n) is 18.3. The predicted octanol–water partition coefficient (Wildman–Crippen LogP) is 5.06. The highest BCUT2D eigenvalue weighted by molar-refractivity contribution is 6.32. The molecule has 0 heterocycles. The molecule has 0 unspecified atom stereocenters. The monoisotopic (exact) mass is 434 g/mol. The lowest BCUT2D eigenvalue weighted by Gasteiger charge is -2.19. The number of amides is 2. The minimum absolute atomic E-state index is 0.194. The maximum Gasteiger partial charge on any atom is 0.315 e. The molecule has 164 valence electrons. The molecule has 0 bridgehead atoms. The van der Waals surface area contributed by atoms with E-state index in [1.165, 1.54) is 0 Å². The molecule has 0 aliphatic heterocycles. The Morgan fingerprint density at radius 2 is 1.70 bits per heavy atom. The predicted molar refractivity (Wildman–Crippen MR) is 119 cm³/mol. The van der Waals surface area contributed by atoms with Crippen LogP contribution < -0.4 is 20.1 Å². The Hall–Kier alpha value is -2.44. The number of carbonyl (C=O) groups excluding carboxylic acids is 1. The first-order valence-electron chi connectivity index (χ1n) is 9.94. The topological polar surface area (TPSA) is 68.8 Å². The summed E-state index contributed by atoms with van der Waals surface area (Å²) in [6, 6.07) is 11.3. The van der Waals surface area contributed by atoms with Crippen molar-refractivity contribution in [3.8, 4) is 11.5 Å². The fourth-order valence-electron chi connectivity index (χ4n) is 2.72. The fourth-order valence-corrected chi connectivity index (χ4v) is 3.00. The maximum atomic E-state index is 12.2. The van der Waals surface area contributed by atoms with Gasteiger partial charge in [-0.25, -0.2) is 4.79 Å². The maximum absolute atomic E-state index is 12.2. The third-order valence-electron chi connectivity index (χ3n) is 4.15. The molecule has 0 aromatic heterocycles. The van der Waals surface area contributed by atoms with Gasteiger partial charge in [-0.1, -0.05) is 35.9 Å². The van der Waals surface area contributed by atoms with Crippen LogP contribution in [0.1, 0.15) is 44.4 Å². The molecule has 30 heavy (non-hydrogen) atoms. The second-order valence-corrected chi connectivity index (χ2v) is 8.21. The summed E-state index contributed by atoms with van der Waals surface area (Å²) in [5.41, 5.74) is 2.70. The Kier molecular flexibility index (Phi) is 8.81. The average molecular weight is 435 g/mol. The first-order valence-corrected chi connectivity index (χ1v) is 10.3. The summed E-state index contributed by atoms with van der Waals surface area (Å²) in [5.74, 6) is 1.04. The van der Waals surface area contributed by atoms with Crippen molar-refractivity contribution in [3.05, 3.63) is 58.1 Å². The van der Waals surface area contributed by atoms with Gasteiger partial charge in [-0.3, -0.25) is 0 Å². The molecule has 0 saturated heterocycles. The molecule has 7 heteroatoms. The van der Waals surface area contributed by atoms with Crippen molar-refractivity contribution in [1.82, 2.24) is 10.6 Å². The third kappa shape index (κ3) is 7.76. The largest absolute Gasteiger partial charge is 0.493 e. The summed E-state index contributed by atoms with van der Waals surface area (Å²) in [7, 11) is 1.55. The van der Waals surface area contributed by atoms with Crippen LogP contribution in [0, 0.1) is 0 Å². The van der Waals surface area contributed by atoms with E-state index >= 15 is 0 Å². The number of nitrogens with one attached hydrogen (secondary N) is 2. The van der Waals surface area contributed by atoms with Crippen LogP contribution in [0.5, 0.6) is 11.5 Å². The highest BCUT2D eigenvalue weighted by Gasteiger charge is 2.13. The number of ether oxygens (including phenoxy) is 3. The van der Waals surface area contributed by atoms with Crippen LogP contribution in [-0.4, -0.2) is 25.3 Å². The van der Waals surface area contributed by atoms with Gasteiger partial charge in [0, 0.05) is 13.1 Å². The minimum Gasteiger partial charge on any atom is -0.493 e. The van der Waals surface area contributed by atoms with Gasteiger partial charge in [0.1, 0.15) is 0 Å². The van der Waals surface area contributed by atoms with Gasteiger partial charge in [0.15, 0.2) is 11.5 Å². The van der Waals surface area contributed by atoms with Crippen LogP contribution in [0.3, 0.4) is 0 Å². The zero-order valence-corrected chi connectivity index (χ0v) is 19.1. The normalized spacial score (nSPS) is 11.1. The number of methoxy groups -OCH3 is 1. The van der Waals surface area contributed by atoms with Crippen molar-refractivity contribution in [2.75, 3.05) is 13.7 Å². The molecule has 0 saturated carbocycles. The smallest absolute Gasteiger partial charge is 0.315 e. The lowest BCUT2D eigenvalue weighted by Crippen LogP contribution is -2.34. The van der Waals surface area contributed by atoms with E-state index in [1.807, 2.05) is 52.0 Å². The van der Waals surface area contributed by atoms with Gasteiger partial charge in [-0.2, -0.15) is 0 Å². The third-order valence-corrected chi connectivity index (χ3v) is 4.43. The van der Waals surface area contributed by atoms with E-state index in [0.29, 0.717) is 42.8 Å². The van der Waals surface area contributed by atoms with E-state index in [4.69, 9.17) is 25.8 Å². The van der Waals surface area contributed by atoms with Crippen molar-refractivity contribution in [3.63, 3.8) is 0 Å². The first kappa shape index (κ1) is 23.8. The lowest BCUT2D eigenvalue weighted by atomic mass is 10.1. The van der Waals surface area contributed by atoms with Gasteiger partial charge in [0.25, 0.3) is 0 Å². The van der Waals surface area contributed by atoms with Crippen molar-refractivity contribution in [1.29, 1.82) is 0 Å². The second kappa shape index (κ2) is 11.1. The van der Waals surface area contributed by atoms with Crippen LogP contribution in [-0.2, 0) is 24.4 Å². The highest BCUT2D eigenvalue weighted by atomic mass is 35.5. The first-order chi connectivity index (χ1) is 14.2. The molecule has 0 aliphatic carbocycles. The van der Waals surface area contributed by atoms with Crippen molar-refractivity contribution in [2.45, 2.75) is 53.0 Å². The molecule has 0 fully saturated rings. The molecule has 2 aromatic carbocycles. The number of hydrogen-bond donors (Lipinski definition) is 2. The van der Waals surface area contributed by atoms with E-state index in [2.05, 4.69) is 10.6 Å². The van der Waals surface area contributed by atoms with Crippen LogP contribution >= 0.6 is 11.6 Å². The number of halogens is 1. The molecule has 0 spiro atoms.